The predicted molar refractivity (Wildman–Crippen MR) is 124 cm³/mol. The van der Waals surface area contributed by atoms with Gasteiger partial charge in [0, 0.05) is 17.5 Å². The summed E-state index contributed by atoms with van der Waals surface area (Å²) in [6, 6.07) is 23.1. The van der Waals surface area contributed by atoms with Gasteiger partial charge in [0.05, 0.1) is 14.2 Å². The molecule has 0 saturated heterocycles. The summed E-state index contributed by atoms with van der Waals surface area (Å²) in [4.78, 5) is 11.3. The standard InChI is InChI=1S/C27H26O3/c1-18(28)7-6-8-19-11-14-23-21(17-19)13-16-25(30-3)27(23)26-22-10-5-4-9-20(22)12-15-24(26)29-2/h4-5,9-17H,6-8H2,1-3H3. The Hall–Kier alpha value is -3.33. The van der Waals surface area contributed by atoms with E-state index in [2.05, 4.69) is 48.5 Å². The molecule has 0 aliphatic heterocycles. The Bertz CT molecular complexity index is 1220. The number of methoxy groups -OCH3 is 2. The lowest BCUT2D eigenvalue weighted by Gasteiger charge is -2.18. The van der Waals surface area contributed by atoms with E-state index in [0.29, 0.717) is 6.42 Å². The van der Waals surface area contributed by atoms with Crippen LogP contribution in [0.2, 0.25) is 0 Å². The Morgan fingerprint density at radius 1 is 0.767 bits per heavy atom. The fraction of sp³-hybridized carbons (Fsp3) is 0.222. The minimum absolute atomic E-state index is 0.242. The second-order valence-electron chi connectivity index (χ2n) is 7.62. The molecule has 0 fully saturated rings. The van der Waals surface area contributed by atoms with E-state index in [1.807, 2.05) is 18.2 Å². The van der Waals surface area contributed by atoms with Crippen LogP contribution in [-0.4, -0.2) is 20.0 Å². The second kappa shape index (κ2) is 8.58. The van der Waals surface area contributed by atoms with Crippen molar-refractivity contribution in [2.24, 2.45) is 0 Å². The Morgan fingerprint density at radius 2 is 1.40 bits per heavy atom. The van der Waals surface area contributed by atoms with Crippen LogP contribution in [0.25, 0.3) is 32.7 Å². The highest BCUT2D eigenvalue weighted by molar-refractivity contribution is 6.09. The normalized spacial score (nSPS) is 11.0. The highest BCUT2D eigenvalue weighted by Crippen LogP contribution is 2.45. The Balaban J connectivity index is 1.92. The number of ketones is 1. The molecule has 0 amide bonds. The molecule has 0 saturated carbocycles. The fourth-order valence-electron chi connectivity index (χ4n) is 4.16. The van der Waals surface area contributed by atoms with Crippen LogP contribution in [0.5, 0.6) is 11.5 Å². The van der Waals surface area contributed by atoms with Crippen LogP contribution in [0.1, 0.15) is 25.3 Å². The Labute approximate surface area is 177 Å². The van der Waals surface area contributed by atoms with E-state index in [1.165, 1.54) is 5.56 Å². The first-order valence-corrected chi connectivity index (χ1v) is 10.3. The second-order valence-corrected chi connectivity index (χ2v) is 7.62. The van der Waals surface area contributed by atoms with Gasteiger partial charge in [0.15, 0.2) is 0 Å². The third kappa shape index (κ3) is 3.76. The molecule has 30 heavy (non-hydrogen) atoms. The number of hydrogen-bond donors (Lipinski definition) is 0. The van der Waals surface area contributed by atoms with Crippen LogP contribution < -0.4 is 9.47 Å². The highest BCUT2D eigenvalue weighted by atomic mass is 16.5. The summed E-state index contributed by atoms with van der Waals surface area (Å²) in [5.41, 5.74) is 3.33. The number of Topliss-reactive ketones (excluding diaryl/α,β-unsaturated/α-hetero) is 1. The molecule has 152 valence electrons. The molecule has 0 unspecified atom stereocenters. The molecule has 0 atom stereocenters. The molecule has 0 N–H and O–H groups in total. The van der Waals surface area contributed by atoms with Crippen LogP contribution >= 0.6 is 0 Å². The van der Waals surface area contributed by atoms with Crippen molar-refractivity contribution in [3.05, 3.63) is 72.3 Å². The van der Waals surface area contributed by atoms with Crippen LogP contribution in [0.4, 0.5) is 0 Å². The molecule has 4 aromatic rings. The molecule has 0 bridgehead atoms. The zero-order chi connectivity index (χ0) is 21.1. The number of carbonyl (C=O) groups is 1. The number of carbonyl (C=O) groups excluding carboxylic acids is 1. The molecular formula is C27H26O3. The first-order valence-electron chi connectivity index (χ1n) is 10.3. The molecule has 4 aromatic carbocycles. The van der Waals surface area contributed by atoms with Crippen molar-refractivity contribution in [3.8, 4) is 22.6 Å². The van der Waals surface area contributed by atoms with E-state index in [9.17, 15) is 4.79 Å². The van der Waals surface area contributed by atoms with Gasteiger partial charge in [-0.2, -0.15) is 0 Å². The molecule has 0 heterocycles. The molecule has 0 aliphatic rings. The molecular weight excluding hydrogens is 372 g/mol. The lowest BCUT2D eigenvalue weighted by Crippen LogP contribution is -1.96. The average molecular weight is 399 g/mol. The summed E-state index contributed by atoms with van der Waals surface area (Å²) in [6.45, 7) is 1.65. The van der Waals surface area contributed by atoms with Crippen molar-refractivity contribution in [1.82, 2.24) is 0 Å². The highest BCUT2D eigenvalue weighted by Gasteiger charge is 2.18. The number of ether oxygens (including phenoxy) is 2. The van der Waals surface area contributed by atoms with Crippen LogP contribution in [0.3, 0.4) is 0 Å². The van der Waals surface area contributed by atoms with Gasteiger partial charge in [0.2, 0.25) is 0 Å². The molecule has 0 aliphatic carbocycles. The minimum atomic E-state index is 0.242. The summed E-state index contributed by atoms with van der Waals surface area (Å²) in [7, 11) is 3.41. The van der Waals surface area contributed by atoms with Crippen molar-refractivity contribution in [2.45, 2.75) is 26.2 Å². The van der Waals surface area contributed by atoms with Crippen molar-refractivity contribution in [1.29, 1.82) is 0 Å². The Morgan fingerprint density at radius 3 is 2.07 bits per heavy atom. The monoisotopic (exact) mass is 398 g/mol. The number of fused-ring (bicyclic) bond motifs is 2. The maximum atomic E-state index is 11.3. The van der Waals surface area contributed by atoms with Gasteiger partial charge in [-0.05, 0) is 59.0 Å². The van der Waals surface area contributed by atoms with E-state index in [-0.39, 0.29) is 5.78 Å². The van der Waals surface area contributed by atoms with Gasteiger partial charge in [-0.15, -0.1) is 0 Å². The van der Waals surface area contributed by atoms with E-state index in [4.69, 9.17) is 9.47 Å². The minimum Gasteiger partial charge on any atom is -0.496 e. The summed E-state index contributed by atoms with van der Waals surface area (Å²) >= 11 is 0. The summed E-state index contributed by atoms with van der Waals surface area (Å²) in [6.07, 6.45) is 2.40. The first-order chi connectivity index (χ1) is 14.6. The van der Waals surface area contributed by atoms with Crippen LogP contribution in [0.15, 0.2) is 66.7 Å². The summed E-state index contributed by atoms with van der Waals surface area (Å²) < 4.78 is 11.6. The van der Waals surface area contributed by atoms with Gasteiger partial charge in [0.25, 0.3) is 0 Å². The van der Waals surface area contributed by atoms with Crippen molar-refractivity contribution < 1.29 is 14.3 Å². The maximum absolute atomic E-state index is 11.3. The zero-order valence-corrected chi connectivity index (χ0v) is 17.7. The zero-order valence-electron chi connectivity index (χ0n) is 17.7. The van der Waals surface area contributed by atoms with E-state index in [0.717, 1.165) is 57.0 Å². The lowest BCUT2D eigenvalue weighted by molar-refractivity contribution is -0.117. The molecule has 0 radical (unpaired) electrons. The number of benzene rings is 4. The number of hydrogen-bond acceptors (Lipinski definition) is 3. The maximum Gasteiger partial charge on any atom is 0.129 e. The quantitative estimate of drug-likeness (QED) is 0.352. The van der Waals surface area contributed by atoms with Crippen molar-refractivity contribution in [3.63, 3.8) is 0 Å². The topological polar surface area (TPSA) is 35.5 Å². The predicted octanol–water partition coefficient (Wildman–Crippen LogP) is 6.59. The average Bonchev–Trinajstić information content (AvgIpc) is 2.77. The van der Waals surface area contributed by atoms with Gasteiger partial charge in [-0.1, -0.05) is 54.6 Å². The van der Waals surface area contributed by atoms with Crippen molar-refractivity contribution in [2.75, 3.05) is 14.2 Å². The molecule has 3 nitrogen and oxygen atoms in total. The van der Waals surface area contributed by atoms with Crippen LogP contribution in [0, 0.1) is 0 Å². The Kier molecular flexibility index (Phi) is 5.71. The van der Waals surface area contributed by atoms with E-state index < -0.39 is 0 Å². The number of aryl methyl sites for hydroxylation is 1. The van der Waals surface area contributed by atoms with E-state index in [1.54, 1.807) is 21.1 Å². The van der Waals surface area contributed by atoms with Gasteiger partial charge in [0.1, 0.15) is 17.3 Å². The third-order valence-corrected chi connectivity index (χ3v) is 5.62. The molecule has 0 spiro atoms. The van der Waals surface area contributed by atoms with Gasteiger partial charge < -0.3 is 14.3 Å². The molecule has 3 heteroatoms. The lowest BCUT2D eigenvalue weighted by atomic mass is 9.91. The summed E-state index contributed by atoms with van der Waals surface area (Å²) in [5, 5.41) is 4.57. The van der Waals surface area contributed by atoms with Gasteiger partial charge in [-0.25, -0.2) is 0 Å². The first kappa shape index (κ1) is 20.0. The van der Waals surface area contributed by atoms with Crippen molar-refractivity contribution >= 4 is 27.3 Å². The van der Waals surface area contributed by atoms with Gasteiger partial charge in [-0.3, -0.25) is 0 Å². The number of rotatable bonds is 7. The summed E-state index contributed by atoms with van der Waals surface area (Å²) in [5.74, 6) is 1.89. The molecule has 0 aromatic heterocycles. The van der Waals surface area contributed by atoms with Gasteiger partial charge >= 0.3 is 0 Å². The largest absolute Gasteiger partial charge is 0.496 e. The molecule has 4 rings (SSSR count). The third-order valence-electron chi connectivity index (χ3n) is 5.62. The van der Waals surface area contributed by atoms with E-state index >= 15 is 0 Å². The SMILES string of the molecule is COc1ccc2ccccc2c1-c1c(OC)ccc2cc(CCCC(C)=O)ccc12. The van der Waals surface area contributed by atoms with Crippen LogP contribution in [-0.2, 0) is 11.2 Å². The fourth-order valence-corrected chi connectivity index (χ4v) is 4.16. The smallest absolute Gasteiger partial charge is 0.129 e.